The second-order valence-corrected chi connectivity index (χ2v) is 16.5. The molecule has 1 saturated heterocycles. The van der Waals surface area contributed by atoms with Gasteiger partial charge < -0.3 is 4.74 Å². The Bertz CT molecular complexity index is 201. The van der Waals surface area contributed by atoms with Gasteiger partial charge in [-0.15, -0.1) is 23.8 Å². The topological polar surface area (TPSA) is 9.23 Å². The molecule has 6 heteroatoms. The van der Waals surface area contributed by atoms with Gasteiger partial charge in [0.05, 0.1) is 0 Å². The van der Waals surface area contributed by atoms with Gasteiger partial charge in [-0.3, -0.25) is 0 Å². The Kier molecular flexibility index (Phi) is 42.1. The van der Waals surface area contributed by atoms with E-state index in [9.17, 15) is 0 Å². The first-order valence-corrected chi connectivity index (χ1v) is 17.5. The third kappa shape index (κ3) is 28.2. The average molecular weight is 645 g/mol. The van der Waals surface area contributed by atoms with Gasteiger partial charge in [-0.25, -0.2) is 0 Å². The maximum Gasteiger partial charge on any atom is 0.131 e. The van der Waals surface area contributed by atoms with Crippen LogP contribution in [0.2, 0.25) is 0 Å². The monoisotopic (exact) mass is 644 g/mol. The number of hydrogen-bond donors (Lipinski definition) is 0. The summed E-state index contributed by atoms with van der Waals surface area (Å²) in [5.41, 5.74) is 0.0185. The van der Waals surface area contributed by atoms with Crippen LogP contribution in [0, 0.1) is 0 Å². The first kappa shape index (κ1) is 37.5. The van der Waals surface area contributed by atoms with Gasteiger partial charge in [0.1, 0.15) is 5.56 Å². The Morgan fingerprint density at radius 1 is 0.607 bits per heavy atom. The van der Waals surface area contributed by atoms with Crippen molar-refractivity contribution in [1.29, 1.82) is 0 Å². The molecule has 0 spiro atoms. The minimum absolute atomic E-state index is 0. The van der Waals surface area contributed by atoms with Gasteiger partial charge in [0.2, 0.25) is 0 Å². The molecule has 0 N–H and O–H groups in total. The summed E-state index contributed by atoms with van der Waals surface area (Å²) in [6, 6.07) is 0. The SMILES string of the molecule is CCP(CC)CC.CCP(CC)CC.CCP(CC)CC.ClC1CCCO1.[W]. The normalized spacial score (nSPS) is 15.1. The molecule has 0 aromatic heterocycles. The van der Waals surface area contributed by atoms with Gasteiger partial charge in [-0.2, -0.15) is 0 Å². The molecule has 1 fully saturated rings. The molecule has 1 aliphatic rings. The third-order valence-corrected chi connectivity index (χ3v) is 13.3. The van der Waals surface area contributed by atoms with Crippen molar-refractivity contribution in [2.75, 3.05) is 62.1 Å². The van der Waals surface area contributed by atoms with Gasteiger partial charge in [-0.05, 0) is 68.3 Å². The van der Waals surface area contributed by atoms with E-state index < -0.39 is 0 Å². The van der Waals surface area contributed by atoms with Crippen LogP contribution in [-0.2, 0) is 25.8 Å². The number of hydrogen-bond acceptors (Lipinski definition) is 1. The quantitative estimate of drug-likeness (QED) is 0.180. The molecule has 1 nitrogen and oxygen atoms in total. The molecule has 1 aliphatic heterocycles. The van der Waals surface area contributed by atoms with Crippen molar-refractivity contribution in [1.82, 2.24) is 0 Å². The fraction of sp³-hybridized carbons (Fsp3) is 1.00. The summed E-state index contributed by atoms with van der Waals surface area (Å²) in [7, 11) is 1.34. The molecule has 0 aromatic carbocycles. The fourth-order valence-electron chi connectivity index (χ4n) is 2.55. The van der Waals surface area contributed by atoms with Crippen LogP contribution < -0.4 is 0 Å². The van der Waals surface area contributed by atoms with E-state index in [2.05, 4.69) is 62.3 Å². The van der Waals surface area contributed by atoms with Crippen LogP contribution in [0.15, 0.2) is 0 Å². The van der Waals surface area contributed by atoms with E-state index in [1.54, 1.807) is 0 Å². The summed E-state index contributed by atoms with van der Waals surface area (Å²) in [5.74, 6) is 0. The van der Waals surface area contributed by atoms with Crippen molar-refractivity contribution in [2.24, 2.45) is 0 Å². The predicted octanol–water partition coefficient (Wildman–Crippen LogP) is 8.94. The largest absolute Gasteiger partial charge is 0.362 e. The summed E-state index contributed by atoms with van der Waals surface area (Å²) in [4.78, 5) is 0. The molecular weight excluding hydrogens is 592 g/mol. The molecule has 0 bridgehead atoms. The Morgan fingerprint density at radius 3 is 0.893 bits per heavy atom. The van der Waals surface area contributed by atoms with Crippen molar-refractivity contribution >= 4 is 35.4 Å². The van der Waals surface area contributed by atoms with Gasteiger partial charge >= 0.3 is 0 Å². The van der Waals surface area contributed by atoms with E-state index in [0.29, 0.717) is 23.8 Å². The van der Waals surface area contributed by atoms with Crippen LogP contribution in [0.25, 0.3) is 0 Å². The molecule has 0 aromatic rings. The zero-order valence-electron chi connectivity index (χ0n) is 20.6. The number of alkyl halides is 1. The summed E-state index contributed by atoms with van der Waals surface area (Å²) in [6.07, 6.45) is 14.9. The van der Waals surface area contributed by atoms with E-state index in [0.717, 1.165) is 19.4 Å². The first-order chi connectivity index (χ1) is 12.9. The Morgan fingerprint density at radius 2 is 0.857 bits per heavy atom. The van der Waals surface area contributed by atoms with Crippen LogP contribution in [-0.4, -0.2) is 67.6 Å². The molecule has 1 atom stereocenters. The van der Waals surface area contributed by atoms with E-state index in [-0.39, 0.29) is 26.6 Å². The maximum atomic E-state index is 5.49. The third-order valence-electron chi connectivity index (χ3n) is 4.90. The number of halogens is 1. The van der Waals surface area contributed by atoms with E-state index >= 15 is 0 Å². The summed E-state index contributed by atoms with van der Waals surface area (Å²) in [5, 5.41) is 0. The van der Waals surface area contributed by atoms with Crippen molar-refractivity contribution in [2.45, 2.75) is 80.7 Å². The average Bonchev–Trinajstić information content (AvgIpc) is 3.18. The standard InChI is InChI=1S/3C6H15P.C4H7ClO.W/c3*1-4-7(5-2)6-3;5-4-2-1-3-6-4;/h3*4-6H2,1-3H3;4H,1-3H2;. The number of ether oxygens (including phenoxy) is 1. The molecular formula is C22H52ClOP3W. The first-order valence-electron chi connectivity index (χ1n) is 11.4. The zero-order chi connectivity index (χ0) is 21.5. The Hall–Kier alpha value is 2.23. The maximum absolute atomic E-state index is 5.49. The zero-order valence-corrected chi connectivity index (χ0v) is 27.0. The predicted molar refractivity (Wildman–Crippen MR) is 140 cm³/mol. The van der Waals surface area contributed by atoms with Crippen LogP contribution in [0.5, 0.6) is 0 Å². The van der Waals surface area contributed by atoms with Crippen molar-refractivity contribution in [3.05, 3.63) is 0 Å². The van der Waals surface area contributed by atoms with Crippen LogP contribution in [0.1, 0.15) is 75.2 Å². The van der Waals surface area contributed by atoms with Crippen molar-refractivity contribution in [3.63, 3.8) is 0 Å². The minimum Gasteiger partial charge on any atom is -0.362 e. The number of rotatable bonds is 9. The van der Waals surface area contributed by atoms with Crippen LogP contribution >= 0.6 is 35.4 Å². The van der Waals surface area contributed by atoms with E-state index in [4.69, 9.17) is 16.3 Å². The van der Waals surface area contributed by atoms with Gasteiger partial charge in [0, 0.05) is 27.7 Å². The summed E-state index contributed by atoms with van der Waals surface area (Å²) < 4.78 is 4.92. The molecule has 1 heterocycles. The molecule has 1 unspecified atom stereocenters. The summed E-state index contributed by atoms with van der Waals surface area (Å²) >= 11 is 5.49. The van der Waals surface area contributed by atoms with Crippen LogP contribution in [0.4, 0.5) is 0 Å². The second-order valence-electron chi connectivity index (χ2n) is 6.28. The molecule has 0 aliphatic carbocycles. The molecule has 0 radical (unpaired) electrons. The minimum atomic E-state index is 0. The summed E-state index contributed by atoms with van der Waals surface area (Å²) in [6.45, 7) is 21.5. The van der Waals surface area contributed by atoms with Crippen molar-refractivity contribution in [3.8, 4) is 0 Å². The Balaban J connectivity index is -0.000000136. The fourth-order valence-corrected chi connectivity index (χ4v) is 6.82. The smallest absolute Gasteiger partial charge is 0.131 e. The second kappa shape index (κ2) is 31.4. The van der Waals surface area contributed by atoms with Gasteiger partial charge in [0.25, 0.3) is 0 Å². The molecule has 1 rings (SSSR count). The van der Waals surface area contributed by atoms with Gasteiger partial charge in [0.15, 0.2) is 0 Å². The van der Waals surface area contributed by atoms with E-state index in [1.807, 2.05) is 0 Å². The molecule has 28 heavy (non-hydrogen) atoms. The molecule has 0 amide bonds. The molecule has 174 valence electrons. The molecule has 0 saturated carbocycles. The van der Waals surface area contributed by atoms with Crippen molar-refractivity contribution < 1.29 is 25.8 Å². The Labute approximate surface area is 203 Å². The van der Waals surface area contributed by atoms with E-state index in [1.165, 1.54) is 55.5 Å². The van der Waals surface area contributed by atoms with Crippen LogP contribution in [0.3, 0.4) is 0 Å². The van der Waals surface area contributed by atoms with Gasteiger partial charge in [-0.1, -0.05) is 73.9 Å².